The van der Waals surface area contributed by atoms with E-state index in [2.05, 4.69) is 80.8 Å². The molecule has 1 aliphatic heterocycles. The summed E-state index contributed by atoms with van der Waals surface area (Å²) in [6.45, 7) is 4.16. The van der Waals surface area contributed by atoms with Crippen molar-refractivity contribution in [3.8, 4) is 16.9 Å². The van der Waals surface area contributed by atoms with Crippen LogP contribution in [0.5, 0.6) is 5.75 Å². The van der Waals surface area contributed by atoms with Gasteiger partial charge in [-0.05, 0) is 79.5 Å². The maximum atomic E-state index is 6.00. The summed E-state index contributed by atoms with van der Waals surface area (Å²) >= 11 is 1.66. The molecule has 0 saturated carbocycles. The summed E-state index contributed by atoms with van der Waals surface area (Å²) in [5.41, 5.74) is 8.22. The summed E-state index contributed by atoms with van der Waals surface area (Å²) in [4.78, 5) is 11.6. The van der Waals surface area contributed by atoms with Crippen molar-refractivity contribution in [2.24, 2.45) is 0 Å². The lowest BCUT2D eigenvalue weighted by Gasteiger charge is -2.26. The van der Waals surface area contributed by atoms with E-state index in [1.54, 1.807) is 11.3 Å². The first-order valence-corrected chi connectivity index (χ1v) is 13.1. The van der Waals surface area contributed by atoms with Gasteiger partial charge in [0.1, 0.15) is 12.4 Å². The highest BCUT2D eigenvalue weighted by atomic mass is 32.1. The van der Waals surface area contributed by atoms with Crippen LogP contribution in [0.15, 0.2) is 78.4 Å². The number of pyridine rings is 1. The molecule has 3 aromatic carbocycles. The highest BCUT2D eigenvalue weighted by molar-refractivity contribution is 7.16. The van der Waals surface area contributed by atoms with Crippen LogP contribution in [0.4, 0.5) is 11.4 Å². The van der Waals surface area contributed by atoms with Gasteiger partial charge in [0.05, 0.1) is 21.2 Å². The van der Waals surface area contributed by atoms with Crippen molar-refractivity contribution in [3.63, 3.8) is 0 Å². The summed E-state index contributed by atoms with van der Waals surface area (Å²) < 4.78 is 7.19. The van der Waals surface area contributed by atoms with Crippen LogP contribution in [0.25, 0.3) is 32.2 Å². The average Bonchev–Trinajstić information content (AvgIpc) is 3.38. The quantitative estimate of drug-likeness (QED) is 0.269. The second-order valence-corrected chi connectivity index (χ2v) is 9.91. The molecule has 1 N–H and O–H groups in total. The van der Waals surface area contributed by atoms with Crippen LogP contribution in [0.1, 0.15) is 19.3 Å². The van der Waals surface area contributed by atoms with Crippen LogP contribution in [0.3, 0.4) is 0 Å². The fourth-order valence-corrected chi connectivity index (χ4v) is 5.41. The third-order valence-electron chi connectivity index (χ3n) is 6.66. The summed E-state index contributed by atoms with van der Waals surface area (Å²) in [5.74, 6) is 0.924. The largest absolute Gasteiger partial charge is 0.492 e. The number of nitrogens with zero attached hydrogens (tertiary/aromatic N) is 3. The summed E-state index contributed by atoms with van der Waals surface area (Å²) in [7, 11) is 0. The van der Waals surface area contributed by atoms with E-state index in [-0.39, 0.29) is 0 Å². The molecule has 0 atom stereocenters. The van der Waals surface area contributed by atoms with E-state index in [0.717, 1.165) is 57.8 Å². The maximum Gasteiger partial charge on any atom is 0.119 e. The summed E-state index contributed by atoms with van der Waals surface area (Å²) in [5, 5.41) is 4.63. The predicted molar refractivity (Wildman–Crippen MR) is 146 cm³/mol. The molecular formula is C29H28N4OS. The van der Waals surface area contributed by atoms with Crippen LogP contribution >= 0.6 is 11.3 Å². The molecule has 0 radical (unpaired) electrons. The highest BCUT2D eigenvalue weighted by Gasteiger charge is 2.10. The number of likely N-dealkylation sites (tertiary alicyclic amines) is 1. The Bertz CT molecular complexity index is 1440. The SMILES string of the molecule is c1cc(Nc2ccc3scnc3c2)c2ccc(-c3ccc(OCCN4CCCCC4)cc3)cc2n1. The average molecular weight is 481 g/mol. The molecule has 0 bridgehead atoms. The van der Waals surface area contributed by atoms with Crippen molar-refractivity contribution >= 4 is 43.8 Å². The number of thiazole rings is 1. The Morgan fingerprint density at radius 2 is 1.69 bits per heavy atom. The van der Waals surface area contributed by atoms with Gasteiger partial charge >= 0.3 is 0 Å². The normalized spacial score (nSPS) is 14.4. The number of anilines is 2. The fourth-order valence-electron chi connectivity index (χ4n) is 4.75. The zero-order valence-electron chi connectivity index (χ0n) is 19.6. The van der Waals surface area contributed by atoms with Gasteiger partial charge in [-0.1, -0.05) is 30.7 Å². The predicted octanol–water partition coefficient (Wildman–Crippen LogP) is 7.12. The van der Waals surface area contributed by atoms with E-state index in [0.29, 0.717) is 0 Å². The summed E-state index contributed by atoms with van der Waals surface area (Å²) in [6, 6.07) is 23.1. The van der Waals surface area contributed by atoms with Crippen molar-refractivity contribution in [1.82, 2.24) is 14.9 Å². The third kappa shape index (κ3) is 4.99. The second-order valence-electron chi connectivity index (χ2n) is 9.03. The van der Waals surface area contributed by atoms with E-state index in [4.69, 9.17) is 4.74 Å². The molecule has 176 valence electrons. The maximum absolute atomic E-state index is 6.00. The van der Waals surface area contributed by atoms with Gasteiger partial charge in [0, 0.05) is 29.5 Å². The number of rotatable bonds is 7. The Hall–Kier alpha value is -3.48. The number of hydrogen-bond donors (Lipinski definition) is 1. The van der Waals surface area contributed by atoms with Crippen LogP contribution in [0.2, 0.25) is 0 Å². The molecule has 35 heavy (non-hydrogen) atoms. The number of fused-ring (bicyclic) bond motifs is 2. The Balaban J connectivity index is 1.16. The first-order valence-electron chi connectivity index (χ1n) is 12.3. The van der Waals surface area contributed by atoms with E-state index in [1.165, 1.54) is 37.1 Å². The van der Waals surface area contributed by atoms with E-state index >= 15 is 0 Å². The standard InChI is InChI=1S/C29H28N4OS/c1-2-14-33(15-3-1)16-17-34-24-8-4-21(5-9-24)22-6-10-25-26(12-13-30-27(25)18-22)32-23-7-11-29-28(19-23)31-20-35-29/h4-13,18-20H,1-3,14-17H2,(H,30,32). The Morgan fingerprint density at radius 3 is 2.57 bits per heavy atom. The molecule has 2 aromatic heterocycles. The Morgan fingerprint density at radius 1 is 0.829 bits per heavy atom. The molecule has 0 unspecified atom stereocenters. The molecule has 5 nitrogen and oxygen atoms in total. The molecule has 6 heteroatoms. The first kappa shape index (κ1) is 22.0. The van der Waals surface area contributed by atoms with Crippen LogP contribution in [0, 0.1) is 0 Å². The van der Waals surface area contributed by atoms with Gasteiger partial charge in [-0.3, -0.25) is 9.88 Å². The van der Waals surface area contributed by atoms with Crippen molar-refractivity contribution < 1.29 is 4.74 Å². The molecule has 0 aliphatic carbocycles. The molecule has 3 heterocycles. The third-order valence-corrected chi connectivity index (χ3v) is 7.47. The van der Waals surface area contributed by atoms with Crippen molar-refractivity contribution in [3.05, 3.63) is 78.4 Å². The monoisotopic (exact) mass is 480 g/mol. The Labute approximate surface area is 209 Å². The molecule has 1 aliphatic rings. The minimum Gasteiger partial charge on any atom is -0.492 e. The minimum absolute atomic E-state index is 0.741. The Kier molecular flexibility index (Phi) is 6.30. The smallest absolute Gasteiger partial charge is 0.119 e. The van der Waals surface area contributed by atoms with Gasteiger partial charge in [-0.25, -0.2) is 4.98 Å². The molecule has 0 spiro atoms. The number of benzene rings is 3. The number of piperidine rings is 1. The van der Waals surface area contributed by atoms with Gasteiger partial charge in [-0.2, -0.15) is 0 Å². The van der Waals surface area contributed by atoms with Gasteiger partial charge in [0.25, 0.3) is 0 Å². The van der Waals surface area contributed by atoms with Crippen LogP contribution in [-0.4, -0.2) is 41.1 Å². The van der Waals surface area contributed by atoms with Gasteiger partial charge in [0.15, 0.2) is 0 Å². The molecular weight excluding hydrogens is 452 g/mol. The zero-order valence-corrected chi connectivity index (χ0v) is 20.4. The zero-order chi connectivity index (χ0) is 23.5. The lowest BCUT2D eigenvalue weighted by Crippen LogP contribution is -2.33. The number of nitrogens with one attached hydrogen (secondary N) is 1. The van der Waals surface area contributed by atoms with Gasteiger partial charge < -0.3 is 10.1 Å². The fraction of sp³-hybridized carbons (Fsp3) is 0.241. The van der Waals surface area contributed by atoms with E-state index in [1.807, 2.05) is 17.8 Å². The van der Waals surface area contributed by atoms with Gasteiger partial charge in [-0.15, -0.1) is 11.3 Å². The molecule has 1 saturated heterocycles. The molecule has 1 fully saturated rings. The number of ether oxygens (including phenoxy) is 1. The van der Waals surface area contributed by atoms with Crippen LogP contribution in [-0.2, 0) is 0 Å². The van der Waals surface area contributed by atoms with E-state index in [9.17, 15) is 0 Å². The summed E-state index contributed by atoms with van der Waals surface area (Å²) in [6.07, 6.45) is 5.85. The van der Waals surface area contributed by atoms with Crippen LogP contribution < -0.4 is 10.1 Å². The van der Waals surface area contributed by atoms with Crippen molar-refractivity contribution in [1.29, 1.82) is 0 Å². The lowest BCUT2D eigenvalue weighted by atomic mass is 10.0. The molecule has 6 rings (SSSR count). The minimum atomic E-state index is 0.741. The topological polar surface area (TPSA) is 50.3 Å². The van der Waals surface area contributed by atoms with E-state index < -0.39 is 0 Å². The van der Waals surface area contributed by atoms with Crippen molar-refractivity contribution in [2.75, 3.05) is 31.6 Å². The highest BCUT2D eigenvalue weighted by Crippen LogP contribution is 2.31. The molecule has 5 aromatic rings. The first-order chi connectivity index (χ1) is 17.3. The second kappa shape index (κ2) is 10.0. The number of aromatic nitrogens is 2. The van der Waals surface area contributed by atoms with Crippen molar-refractivity contribution in [2.45, 2.75) is 19.3 Å². The number of hydrogen-bond acceptors (Lipinski definition) is 6. The lowest BCUT2D eigenvalue weighted by molar-refractivity contribution is 0.183. The molecule has 0 amide bonds. The van der Waals surface area contributed by atoms with Gasteiger partial charge in [0.2, 0.25) is 0 Å².